The number of Topliss-reactive ketones (excluding diaryl/α,β-unsaturated/α-hetero) is 2. The molecule has 4 aromatic carbocycles. The second-order valence-corrected chi connectivity index (χ2v) is 17.7. The molecule has 0 N–H and O–H groups in total. The zero-order valence-electron chi connectivity index (χ0n) is 43.3. The van der Waals surface area contributed by atoms with E-state index in [2.05, 4.69) is 62.4 Å². The van der Waals surface area contributed by atoms with Crippen LogP contribution in [0.15, 0.2) is 97.1 Å². The first-order valence-corrected chi connectivity index (χ1v) is 23.8. The van der Waals surface area contributed by atoms with Gasteiger partial charge in [-0.2, -0.15) is 0 Å². The number of carbonyl (C=O) groups excluding carboxylic acids is 8. The number of hydrogen-bond acceptors (Lipinski definition) is 15. The highest BCUT2D eigenvalue weighted by atomic mass is 16.7. The highest BCUT2D eigenvalue weighted by Gasteiger charge is 2.59. The van der Waals surface area contributed by atoms with E-state index in [0.29, 0.717) is 12.0 Å². The van der Waals surface area contributed by atoms with E-state index in [9.17, 15) is 28.8 Å². The average Bonchev–Trinajstić information content (AvgIpc) is 3.35. The molecule has 6 rings (SSSR count). The summed E-state index contributed by atoms with van der Waals surface area (Å²) in [5, 5.41) is 0. The molecule has 0 saturated carbocycles. The summed E-state index contributed by atoms with van der Waals surface area (Å²) in [6.45, 7) is 19.7. The van der Waals surface area contributed by atoms with Gasteiger partial charge < -0.3 is 42.7 Å². The van der Waals surface area contributed by atoms with Crippen molar-refractivity contribution < 1.29 is 71.5 Å². The van der Waals surface area contributed by atoms with Crippen LogP contribution < -0.4 is 0 Å². The largest absolute Gasteiger partial charge is 0.458 e. The predicted octanol–water partition coefficient (Wildman–Crippen LogP) is 8.12. The molecule has 4 aromatic rings. The van der Waals surface area contributed by atoms with Crippen molar-refractivity contribution in [3.8, 4) is 0 Å². The van der Waals surface area contributed by atoms with Crippen molar-refractivity contribution in [2.75, 3.05) is 7.11 Å². The summed E-state index contributed by atoms with van der Waals surface area (Å²) in [6.07, 6.45) is -2.86. The van der Waals surface area contributed by atoms with Crippen LogP contribution in [0.5, 0.6) is 0 Å². The van der Waals surface area contributed by atoms with Crippen LogP contribution >= 0.6 is 0 Å². The average molecular weight is 995 g/mol. The Morgan fingerprint density at radius 2 is 0.931 bits per heavy atom. The first kappa shape index (κ1) is 59.6. The van der Waals surface area contributed by atoms with Crippen LogP contribution in [0.3, 0.4) is 0 Å². The Morgan fingerprint density at radius 1 is 0.514 bits per heavy atom. The van der Waals surface area contributed by atoms with Gasteiger partial charge in [0.15, 0.2) is 23.8 Å². The molecule has 2 heterocycles. The number of rotatable bonds is 15. The lowest BCUT2D eigenvalue weighted by Crippen LogP contribution is -2.64. The van der Waals surface area contributed by atoms with Crippen LogP contribution in [0, 0.1) is 11.8 Å². The molecule has 2 fully saturated rings. The van der Waals surface area contributed by atoms with E-state index >= 15 is 0 Å². The summed E-state index contributed by atoms with van der Waals surface area (Å²) in [6, 6.07) is 32.3. The molecular weight excluding hydrogens is 925 g/mol. The Morgan fingerprint density at radius 3 is 1.38 bits per heavy atom. The first-order chi connectivity index (χ1) is 34.3. The second kappa shape index (κ2) is 28.4. The third-order valence-corrected chi connectivity index (χ3v) is 12.5. The highest BCUT2D eigenvalue weighted by Crippen LogP contribution is 2.45. The molecule has 0 amide bonds. The van der Waals surface area contributed by atoms with Crippen molar-refractivity contribution >= 4 is 49.0 Å². The molecule has 0 bridgehead atoms. The van der Waals surface area contributed by atoms with E-state index in [1.807, 2.05) is 56.0 Å². The first-order valence-electron chi connectivity index (χ1n) is 23.8. The van der Waals surface area contributed by atoms with Crippen molar-refractivity contribution in [3.05, 3.63) is 142 Å². The molecule has 15 nitrogen and oxygen atoms in total. The Labute approximate surface area is 423 Å². The summed E-state index contributed by atoms with van der Waals surface area (Å²) in [7, 11) is 1.42. The summed E-state index contributed by atoms with van der Waals surface area (Å²) in [5.74, 6) is -5.26. The molecule has 2 aliphatic rings. The van der Waals surface area contributed by atoms with Gasteiger partial charge in [-0.3, -0.25) is 28.8 Å². The lowest BCUT2D eigenvalue weighted by Gasteiger charge is -2.50. The normalized spacial score (nSPS) is 24.1. The monoisotopic (exact) mass is 994 g/mol. The SMILES string of the molecule is C=O.C=O.CCc1ccc(Cc2cccc(C3(OC)O[C@H](C(C)=O)[C@@H](C)[C@H](OC(C)=O)[C@H]3OC(C)=O)c2)cc1.CCc1ccc(Cc2cccc([C@@H]3O[C@H](C(C)=O)[C@@H](C)[C@H](OC(C)=O)[C@H]3OC(C)=O)c2)cc1. The predicted molar refractivity (Wildman–Crippen MR) is 267 cm³/mol. The molecule has 0 spiro atoms. The van der Waals surface area contributed by atoms with Gasteiger partial charge in [0.25, 0.3) is 0 Å². The Hall–Kier alpha value is -6.68. The number of carbonyl (C=O) groups is 8. The van der Waals surface area contributed by atoms with Gasteiger partial charge in [0.05, 0.1) is 0 Å². The molecule has 72 heavy (non-hydrogen) atoms. The smallest absolute Gasteiger partial charge is 0.303 e. The Balaban J connectivity index is 0.000000356. The molecule has 1 unspecified atom stereocenters. The molecule has 0 aliphatic carbocycles. The molecule has 2 saturated heterocycles. The fraction of sp³-hybridized carbons (Fsp3) is 0.439. The van der Waals surface area contributed by atoms with Crippen LogP contribution in [-0.4, -0.2) is 92.8 Å². The third kappa shape index (κ3) is 15.7. The van der Waals surface area contributed by atoms with E-state index in [1.54, 1.807) is 19.9 Å². The highest BCUT2D eigenvalue weighted by molar-refractivity contribution is 5.82. The quantitative estimate of drug-likeness (QED) is 0.0816. The van der Waals surface area contributed by atoms with E-state index in [0.717, 1.165) is 41.5 Å². The van der Waals surface area contributed by atoms with Crippen molar-refractivity contribution in [2.24, 2.45) is 11.8 Å². The summed E-state index contributed by atoms with van der Waals surface area (Å²) in [5.41, 5.74) is 8.23. The lowest BCUT2D eigenvalue weighted by molar-refractivity contribution is -0.349. The number of benzene rings is 4. The molecule has 0 radical (unpaired) electrons. The zero-order chi connectivity index (χ0) is 53.9. The molecule has 0 aromatic heterocycles. The van der Waals surface area contributed by atoms with Crippen molar-refractivity contribution in [1.82, 2.24) is 0 Å². The van der Waals surface area contributed by atoms with Crippen molar-refractivity contribution in [3.63, 3.8) is 0 Å². The van der Waals surface area contributed by atoms with Gasteiger partial charge >= 0.3 is 23.9 Å². The summed E-state index contributed by atoms with van der Waals surface area (Å²) in [4.78, 5) is 88.7. The number of aryl methyl sites for hydroxylation is 2. The number of methoxy groups -OCH3 is 1. The fourth-order valence-electron chi connectivity index (χ4n) is 9.14. The van der Waals surface area contributed by atoms with Crippen molar-refractivity contribution in [1.29, 1.82) is 0 Å². The number of ketones is 2. The van der Waals surface area contributed by atoms with Crippen LogP contribution in [0.2, 0.25) is 0 Å². The summed E-state index contributed by atoms with van der Waals surface area (Å²) < 4.78 is 40.8. The minimum absolute atomic E-state index is 0.168. The van der Waals surface area contributed by atoms with Crippen LogP contribution in [-0.2, 0) is 103 Å². The van der Waals surface area contributed by atoms with Gasteiger partial charge in [-0.15, -0.1) is 0 Å². The maximum Gasteiger partial charge on any atom is 0.303 e. The number of esters is 4. The lowest BCUT2D eigenvalue weighted by atomic mass is 9.81. The zero-order valence-corrected chi connectivity index (χ0v) is 43.3. The van der Waals surface area contributed by atoms with E-state index in [-0.39, 0.29) is 11.6 Å². The molecule has 15 heteroatoms. The Bertz CT molecular complexity index is 2430. The third-order valence-electron chi connectivity index (χ3n) is 12.5. The minimum atomic E-state index is -1.66. The molecule has 388 valence electrons. The fourth-order valence-corrected chi connectivity index (χ4v) is 9.14. The molecule has 10 atom stereocenters. The standard InChI is InChI=1S/C28H34O7.C27H32O6.2CH2O/c1-7-21-11-13-22(14-12-21)15-23-9-8-10-24(16-23)28(32-6)27(34-20(5)31)26(33-19(4)30)17(2)25(35-28)18(3)29;1-6-20-10-12-21(13-11-20)14-22-8-7-9-23(15-22)26-27(32-19(5)30)25(31-18(4)29)16(2)24(33-26)17(3)28;2*1-2/h8-14,16-17,25-27H,7,15H2,1-6H3;7-13,15-16,24-27H,6,14H2,1-5H3;2*1H2/t17-,25+,26+,27-,28?;16-,24+,25+,26+,27-;;/m11../s1. The van der Waals surface area contributed by atoms with Crippen LogP contribution in [0.25, 0.3) is 0 Å². The van der Waals surface area contributed by atoms with Gasteiger partial charge in [0.1, 0.15) is 44.1 Å². The van der Waals surface area contributed by atoms with Crippen LogP contribution in [0.1, 0.15) is 120 Å². The summed E-state index contributed by atoms with van der Waals surface area (Å²) >= 11 is 0. The van der Waals surface area contributed by atoms with Gasteiger partial charge in [0.2, 0.25) is 5.79 Å². The minimum Gasteiger partial charge on any atom is -0.458 e. The van der Waals surface area contributed by atoms with Gasteiger partial charge in [-0.25, -0.2) is 0 Å². The number of ether oxygens (including phenoxy) is 7. The van der Waals surface area contributed by atoms with E-state index in [1.165, 1.54) is 65.3 Å². The van der Waals surface area contributed by atoms with Gasteiger partial charge in [-0.05, 0) is 84.5 Å². The van der Waals surface area contributed by atoms with E-state index < -0.39 is 84.2 Å². The maximum atomic E-state index is 12.5. The second-order valence-electron chi connectivity index (χ2n) is 17.7. The maximum absolute atomic E-state index is 12.5. The molecular formula is C57H70O15. The van der Waals surface area contributed by atoms with Crippen molar-refractivity contribution in [2.45, 2.75) is 143 Å². The van der Waals surface area contributed by atoms with Gasteiger partial charge in [0, 0.05) is 52.2 Å². The van der Waals surface area contributed by atoms with Gasteiger partial charge in [-0.1, -0.05) is 119 Å². The topological polar surface area (TPSA) is 201 Å². The Kier molecular flexibility index (Phi) is 23.5. The number of hydrogen-bond donors (Lipinski definition) is 0. The van der Waals surface area contributed by atoms with E-state index in [4.69, 9.17) is 42.7 Å². The molecule has 2 aliphatic heterocycles. The van der Waals surface area contributed by atoms with Crippen LogP contribution in [0.4, 0.5) is 0 Å².